The summed E-state index contributed by atoms with van der Waals surface area (Å²) in [6, 6.07) is -0.252. The minimum absolute atomic E-state index is 0.0132. The third-order valence-corrected chi connectivity index (χ3v) is 3.19. The van der Waals surface area contributed by atoms with Crippen LogP contribution in [0.4, 0.5) is 0 Å². The van der Waals surface area contributed by atoms with E-state index in [-0.39, 0.29) is 23.5 Å². The smallest absolute Gasteiger partial charge is 0.236 e. The van der Waals surface area contributed by atoms with Gasteiger partial charge >= 0.3 is 0 Å². The molecule has 3 atom stereocenters. The number of carbonyl (C=O) groups excluding carboxylic acids is 1. The van der Waals surface area contributed by atoms with Crippen LogP contribution in [-0.2, 0) is 9.53 Å². The third-order valence-electron chi connectivity index (χ3n) is 3.19. The first-order chi connectivity index (χ1) is 6.39. The number of hydrogen-bond donors (Lipinski definition) is 2. The predicted octanol–water partition coefficient (Wildman–Crippen LogP) is 0.263. The Bertz CT molecular complexity index is 226. The molecule has 0 aromatic carbocycles. The van der Waals surface area contributed by atoms with Gasteiger partial charge in [-0.25, -0.2) is 0 Å². The Morgan fingerprint density at radius 1 is 1.64 bits per heavy atom. The highest BCUT2D eigenvalue weighted by Crippen LogP contribution is 2.42. The van der Waals surface area contributed by atoms with Crippen molar-refractivity contribution in [2.45, 2.75) is 45.4 Å². The largest absolute Gasteiger partial charge is 0.381 e. The van der Waals surface area contributed by atoms with E-state index in [1.165, 1.54) is 0 Å². The van der Waals surface area contributed by atoms with Crippen molar-refractivity contribution in [1.82, 2.24) is 5.32 Å². The van der Waals surface area contributed by atoms with E-state index in [0.717, 1.165) is 6.42 Å². The van der Waals surface area contributed by atoms with E-state index in [4.69, 9.17) is 10.5 Å². The predicted molar refractivity (Wildman–Crippen MR) is 54.8 cm³/mol. The lowest BCUT2D eigenvalue weighted by Gasteiger charge is -2.51. The molecule has 1 rings (SSSR count). The number of rotatable bonds is 3. The first kappa shape index (κ1) is 11.5. The summed E-state index contributed by atoms with van der Waals surface area (Å²) >= 11 is 0. The standard InChI is InChI=1S/C10H20N2O2/c1-6(11)9(13)12-7-5-8(14-4)10(7,2)3/h6-8H,5,11H2,1-4H3,(H,12,13)/t6-,7?,8?/m0/s1. The van der Waals surface area contributed by atoms with Gasteiger partial charge in [0.15, 0.2) is 0 Å². The van der Waals surface area contributed by atoms with Crippen molar-refractivity contribution in [3.63, 3.8) is 0 Å². The molecule has 0 radical (unpaired) electrons. The number of hydrogen-bond acceptors (Lipinski definition) is 3. The number of nitrogens with one attached hydrogen (secondary N) is 1. The van der Waals surface area contributed by atoms with Crippen molar-refractivity contribution >= 4 is 5.91 Å². The van der Waals surface area contributed by atoms with Gasteiger partial charge in [0.1, 0.15) is 0 Å². The van der Waals surface area contributed by atoms with Crippen LogP contribution in [0, 0.1) is 5.41 Å². The molecule has 0 spiro atoms. The van der Waals surface area contributed by atoms with Crippen LogP contribution in [0.1, 0.15) is 27.2 Å². The minimum atomic E-state index is -0.438. The maximum absolute atomic E-state index is 11.4. The molecule has 1 aliphatic rings. The summed E-state index contributed by atoms with van der Waals surface area (Å²) in [4.78, 5) is 11.4. The molecule has 0 heterocycles. The second kappa shape index (κ2) is 3.87. The molecule has 4 heteroatoms. The SMILES string of the molecule is COC1CC(NC(=O)[C@H](C)N)C1(C)C. The first-order valence-electron chi connectivity index (χ1n) is 4.98. The van der Waals surface area contributed by atoms with Gasteiger partial charge in [-0.2, -0.15) is 0 Å². The third kappa shape index (κ3) is 1.91. The number of carbonyl (C=O) groups is 1. The van der Waals surface area contributed by atoms with Crippen molar-refractivity contribution in [2.75, 3.05) is 7.11 Å². The van der Waals surface area contributed by atoms with Gasteiger partial charge in [0.05, 0.1) is 12.1 Å². The minimum Gasteiger partial charge on any atom is -0.381 e. The van der Waals surface area contributed by atoms with Crippen LogP contribution < -0.4 is 11.1 Å². The topological polar surface area (TPSA) is 64.3 Å². The summed E-state index contributed by atoms with van der Waals surface area (Å²) in [6.07, 6.45) is 1.11. The molecule has 82 valence electrons. The molecule has 3 N–H and O–H groups in total. The lowest BCUT2D eigenvalue weighted by molar-refractivity contribution is -0.133. The van der Waals surface area contributed by atoms with Crippen LogP contribution in [0.5, 0.6) is 0 Å². The van der Waals surface area contributed by atoms with E-state index >= 15 is 0 Å². The highest BCUT2D eigenvalue weighted by atomic mass is 16.5. The molecule has 2 unspecified atom stereocenters. The normalized spacial score (nSPS) is 31.8. The number of methoxy groups -OCH3 is 1. The van der Waals surface area contributed by atoms with Crippen LogP contribution >= 0.6 is 0 Å². The highest BCUT2D eigenvalue weighted by molar-refractivity contribution is 5.81. The summed E-state index contributed by atoms with van der Waals surface area (Å²) in [5, 5.41) is 2.93. The molecule has 1 amide bonds. The van der Waals surface area contributed by atoms with Gasteiger partial charge in [0.25, 0.3) is 0 Å². The number of nitrogens with two attached hydrogens (primary N) is 1. The fourth-order valence-corrected chi connectivity index (χ4v) is 1.83. The molecule has 0 aromatic heterocycles. The van der Waals surface area contributed by atoms with Crippen LogP contribution in [-0.4, -0.2) is 31.2 Å². The van der Waals surface area contributed by atoms with E-state index in [0.29, 0.717) is 0 Å². The maximum Gasteiger partial charge on any atom is 0.236 e. The van der Waals surface area contributed by atoms with Crippen molar-refractivity contribution in [3.8, 4) is 0 Å². The van der Waals surface area contributed by atoms with Crippen LogP contribution in [0.2, 0.25) is 0 Å². The molecule has 4 nitrogen and oxygen atoms in total. The Morgan fingerprint density at radius 3 is 2.57 bits per heavy atom. The van der Waals surface area contributed by atoms with Crippen molar-refractivity contribution in [1.29, 1.82) is 0 Å². The fourth-order valence-electron chi connectivity index (χ4n) is 1.83. The quantitative estimate of drug-likeness (QED) is 0.687. The average Bonchev–Trinajstić information content (AvgIpc) is 2.10. The molecule has 14 heavy (non-hydrogen) atoms. The zero-order valence-electron chi connectivity index (χ0n) is 9.33. The Balaban J connectivity index is 2.47. The van der Waals surface area contributed by atoms with Gasteiger partial charge in [-0.15, -0.1) is 0 Å². The van der Waals surface area contributed by atoms with Crippen LogP contribution in [0.25, 0.3) is 0 Å². The van der Waals surface area contributed by atoms with Crippen molar-refractivity contribution in [3.05, 3.63) is 0 Å². The molecule has 0 aromatic rings. The van der Waals surface area contributed by atoms with Gasteiger partial charge in [-0.1, -0.05) is 13.8 Å². The second-order valence-corrected chi connectivity index (χ2v) is 4.63. The lowest BCUT2D eigenvalue weighted by atomic mass is 9.64. The highest BCUT2D eigenvalue weighted by Gasteiger charge is 2.49. The molecular formula is C10H20N2O2. The van der Waals surface area contributed by atoms with Gasteiger partial charge in [-0.05, 0) is 13.3 Å². The Morgan fingerprint density at radius 2 is 2.21 bits per heavy atom. The summed E-state index contributed by atoms with van der Waals surface area (Å²) < 4.78 is 5.29. The van der Waals surface area contributed by atoms with E-state index in [9.17, 15) is 4.79 Å². The number of ether oxygens (including phenoxy) is 1. The second-order valence-electron chi connectivity index (χ2n) is 4.63. The first-order valence-corrected chi connectivity index (χ1v) is 4.98. The molecular weight excluding hydrogens is 180 g/mol. The zero-order chi connectivity index (χ0) is 10.9. The summed E-state index contributed by atoms with van der Waals surface area (Å²) in [7, 11) is 1.70. The van der Waals surface area contributed by atoms with Crippen molar-refractivity contribution in [2.24, 2.45) is 11.1 Å². The van der Waals surface area contributed by atoms with E-state index in [1.54, 1.807) is 14.0 Å². The molecule has 1 saturated carbocycles. The molecule has 1 fully saturated rings. The summed E-state index contributed by atoms with van der Waals surface area (Å²) in [6.45, 7) is 5.88. The number of amides is 1. The van der Waals surface area contributed by atoms with E-state index in [2.05, 4.69) is 19.2 Å². The van der Waals surface area contributed by atoms with Crippen LogP contribution in [0.3, 0.4) is 0 Å². The average molecular weight is 200 g/mol. The van der Waals surface area contributed by atoms with Gasteiger partial charge in [0, 0.05) is 18.6 Å². The van der Waals surface area contributed by atoms with Crippen LogP contribution in [0.15, 0.2) is 0 Å². The van der Waals surface area contributed by atoms with E-state index in [1.807, 2.05) is 0 Å². The summed E-state index contributed by atoms with van der Waals surface area (Å²) in [5.74, 6) is -0.0855. The van der Waals surface area contributed by atoms with Crippen molar-refractivity contribution < 1.29 is 9.53 Å². The Labute approximate surface area is 85.2 Å². The fraction of sp³-hybridized carbons (Fsp3) is 0.900. The lowest BCUT2D eigenvalue weighted by Crippen LogP contribution is -2.63. The van der Waals surface area contributed by atoms with E-state index < -0.39 is 6.04 Å². The van der Waals surface area contributed by atoms with Gasteiger partial charge < -0.3 is 15.8 Å². The Hall–Kier alpha value is -0.610. The molecule has 0 bridgehead atoms. The molecule has 0 saturated heterocycles. The van der Waals surface area contributed by atoms with Gasteiger partial charge in [0.2, 0.25) is 5.91 Å². The molecule has 0 aliphatic heterocycles. The summed E-state index contributed by atoms with van der Waals surface area (Å²) in [5.41, 5.74) is 5.49. The monoisotopic (exact) mass is 200 g/mol. The molecule has 1 aliphatic carbocycles. The van der Waals surface area contributed by atoms with Gasteiger partial charge in [-0.3, -0.25) is 4.79 Å². The Kier molecular flexibility index (Phi) is 3.17. The maximum atomic E-state index is 11.4. The zero-order valence-corrected chi connectivity index (χ0v) is 9.33.